The molecule has 2 heterocycles. The van der Waals surface area contributed by atoms with E-state index >= 15 is 0 Å². The molecule has 3 aromatic rings. The van der Waals surface area contributed by atoms with Crippen LogP contribution in [0.15, 0.2) is 30.6 Å². The summed E-state index contributed by atoms with van der Waals surface area (Å²) in [5, 5.41) is 1.56. The first-order valence-corrected chi connectivity index (χ1v) is 6.74. The highest BCUT2D eigenvalue weighted by molar-refractivity contribution is 7.18. The minimum atomic E-state index is 0.515. The number of benzene rings is 1. The first kappa shape index (κ1) is 11.6. The van der Waals surface area contributed by atoms with Crippen molar-refractivity contribution in [3.63, 3.8) is 0 Å². The molecule has 1 aromatic carbocycles. The topological polar surface area (TPSA) is 38.7 Å². The van der Waals surface area contributed by atoms with Crippen LogP contribution in [0.3, 0.4) is 0 Å². The maximum atomic E-state index is 5.99. The predicted molar refractivity (Wildman–Crippen MR) is 74.2 cm³/mol. The second-order valence-corrected chi connectivity index (χ2v) is 5.46. The summed E-state index contributed by atoms with van der Waals surface area (Å²) in [5.74, 6) is 0. The van der Waals surface area contributed by atoms with Crippen molar-refractivity contribution in [2.24, 2.45) is 0 Å². The van der Waals surface area contributed by atoms with Crippen LogP contribution in [-0.2, 0) is 6.42 Å². The summed E-state index contributed by atoms with van der Waals surface area (Å²) < 4.78 is 1.20. The van der Waals surface area contributed by atoms with Crippen molar-refractivity contribution in [1.29, 1.82) is 0 Å². The minimum Gasteiger partial charge on any atom is -0.241 e. The van der Waals surface area contributed by atoms with Crippen LogP contribution in [0.4, 0.5) is 0 Å². The molecule has 0 spiro atoms. The summed E-state index contributed by atoms with van der Waals surface area (Å²) in [7, 11) is 0. The van der Waals surface area contributed by atoms with Crippen molar-refractivity contribution < 1.29 is 0 Å². The highest BCUT2D eigenvalue weighted by Crippen LogP contribution is 2.24. The Labute approximate surface area is 114 Å². The molecule has 18 heavy (non-hydrogen) atoms. The fourth-order valence-electron chi connectivity index (χ4n) is 1.78. The van der Waals surface area contributed by atoms with Crippen LogP contribution in [-0.4, -0.2) is 15.0 Å². The van der Waals surface area contributed by atoms with E-state index in [1.165, 1.54) is 11.0 Å². The Balaban J connectivity index is 1.99. The molecule has 0 atom stereocenters. The van der Waals surface area contributed by atoms with Gasteiger partial charge in [-0.3, -0.25) is 0 Å². The molecule has 0 aliphatic rings. The fraction of sp³-hybridized carbons (Fsp3) is 0.154. The number of hydrogen-bond donors (Lipinski definition) is 0. The first-order chi connectivity index (χ1) is 8.74. The smallest absolute Gasteiger partial charge is 0.135 e. The number of hydrogen-bond acceptors (Lipinski definition) is 4. The van der Waals surface area contributed by atoms with E-state index in [-0.39, 0.29) is 0 Å². The molecule has 0 saturated carbocycles. The largest absolute Gasteiger partial charge is 0.241 e. The number of nitrogens with zero attached hydrogens (tertiary/aromatic N) is 3. The van der Waals surface area contributed by atoms with Crippen molar-refractivity contribution in [2.75, 3.05) is 0 Å². The molecule has 3 nitrogen and oxygen atoms in total. The fourth-order valence-corrected chi connectivity index (χ4v) is 2.90. The third-order valence-corrected chi connectivity index (χ3v) is 4.20. The Morgan fingerprint density at radius 1 is 1.22 bits per heavy atom. The molecule has 0 fully saturated rings. The van der Waals surface area contributed by atoms with Crippen molar-refractivity contribution in [3.8, 4) is 0 Å². The highest BCUT2D eigenvalue weighted by Gasteiger charge is 2.09. The van der Waals surface area contributed by atoms with E-state index in [1.807, 2.05) is 25.1 Å². The molecular weight excluding hydrogens is 266 g/mol. The van der Waals surface area contributed by atoms with Gasteiger partial charge < -0.3 is 0 Å². The number of thiazole rings is 1. The molecule has 0 aliphatic carbocycles. The zero-order valence-corrected chi connectivity index (χ0v) is 11.3. The standard InChI is InChI=1S/C13H10ClN3S/c1-8-10(15-7-16-13(8)14)6-12-17-9-4-2-3-5-11(9)18-12/h2-5,7H,6H2,1H3. The zero-order chi connectivity index (χ0) is 12.5. The van der Waals surface area contributed by atoms with Crippen LogP contribution in [0.2, 0.25) is 5.15 Å². The lowest BCUT2D eigenvalue weighted by Gasteiger charge is -2.02. The minimum absolute atomic E-state index is 0.515. The molecule has 0 amide bonds. The van der Waals surface area contributed by atoms with Gasteiger partial charge in [-0.15, -0.1) is 11.3 Å². The Bertz CT molecular complexity index is 675. The molecule has 0 aliphatic heterocycles. The molecule has 0 N–H and O–H groups in total. The quantitative estimate of drug-likeness (QED) is 0.670. The molecule has 5 heteroatoms. The SMILES string of the molecule is Cc1c(Cl)ncnc1Cc1nc2ccccc2s1. The van der Waals surface area contributed by atoms with Gasteiger partial charge in [-0.2, -0.15) is 0 Å². The van der Waals surface area contributed by atoms with Crippen LogP contribution in [0.1, 0.15) is 16.3 Å². The second-order valence-electron chi connectivity index (χ2n) is 3.99. The maximum absolute atomic E-state index is 5.99. The van der Waals surface area contributed by atoms with E-state index in [1.54, 1.807) is 11.3 Å². The third-order valence-electron chi connectivity index (χ3n) is 2.78. The van der Waals surface area contributed by atoms with Crippen LogP contribution >= 0.6 is 22.9 Å². The third kappa shape index (κ3) is 2.09. The summed E-state index contributed by atoms with van der Waals surface area (Å²) in [6.45, 7) is 1.94. The number of halogens is 1. The van der Waals surface area contributed by atoms with Crippen LogP contribution in [0.5, 0.6) is 0 Å². The summed E-state index contributed by atoms with van der Waals surface area (Å²) in [6, 6.07) is 8.13. The number of para-hydroxylation sites is 1. The van der Waals surface area contributed by atoms with Gasteiger partial charge >= 0.3 is 0 Å². The van der Waals surface area contributed by atoms with Gasteiger partial charge in [0.15, 0.2) is 0 Å². The molecule has 0 saturated heterocycles. The van der Waals surface area contributed by atoms with Crippen molar-refractivity contribution in [1.82, 2.24) is 15.0 Å². The summed E-state index contributed by atoms with van der Waals surface area (Å²) in [4.78, 5) is 12.8. The zero-order valence-electron chi connectivity index (χ0n) is 9.72. The Hall–Kier alpha value is -1.52. The predicted octanol–water partition coefficient (Wildman–Crippen LogP) is 3.64. The molecule has 0 unspecified atom stereocenters. The number of fused-ring (bicyclic) bond motifs is 1. The Morgan fingerprint density at radius 2 is 2.06 bits per heavy atom. The van der Waals surface area contributed by atoms with Gasteiger partial charge in [-0.05, 0) is 19.1 Å². The van der Waals surface area contributed by atoms with Gasteiger partial charge in [0.05, 0.1) is 20.9 Å². The summed E-state index contributed by atoms with van der Waals surface area (Å²) in [5.41, 5.74) is 2.91. The van der Waals surface area contributed by atoms with Gasteiger partial charge in [0, 0.05) is 12.0 Å². The van der Waals surface area contributed by atoms with E-state index in [0.717, 1.165) is 21.8 Å². The van der Waals surface area contributed by atoms with Gasteiger partial charge in [0.25, 0.3) is 0 Å². The Kier molecular flexibility index (Phi) is 2.97. The van der Waals surface area contributed by atoms with Gasteiger partial charge in [0.1, 0.15) is 11.5 Å². The lowest BCUT2D eigenvalue weighted by Crippen LogP contribution is -1.97. The van der Waals surface area contributed by atoms with E-state index in [0.29, 0.717) is 11.6 Å². The lowest BCUT2D eigenvalue weighted by molar-refractivity contribution is 0.988. The van der Waals surface area contributed by atoms with Gasteiger partial charge in [-0.25, -0.2) is 15.0 Å². The number of rotatable bonds is 2. The number of aromatic nitrogens is 3. The lowest BCUT2D eigenvalue weighted by atomic mass is 10.2. The van der Waals surface area contributed by atoms with E-state index < -0.39 is 0 Å². The van der Waals surface area contributed by atoms with Crippen LogP contribution in [0.25, 0.3) is 10.2 Å². The van der Waals surface area contributed by atoms with Crippen molar-refractivity contribution in [2.45, 2.75) is 13.3 Å². The molecule has 0 bridgehead atoms. The average molecular weight is 276 g/mol. The Morgan fingerprint density at radius 3 is 2.89 bits per heavy atom. The van der Waals surface area contributed by atoms with Gasteiger partial charge in [0.2, 0.25) is 0 Å². The first-order valence-electron chi connectivity index (χ1n) is 5.54. The van der Waals surface area contributed by atoms with Crippen molar-refractivity contribution in [3.05, 3.63) is 52.0 Å². The van der Waals surface area contributed by atoms with Gasteiger partial charge in [-0.1, -0.05) is 23.7 Å². The summed E-state index contributed by atoms with van der Waals surface area (Å²) >= 11 is 7.68. The highest BCUT2D eigenvalue weighted by atomic mass is 35.5. The molecular formula is C13H10ClN3S. The maximum Gasteiger partial charge on any atom is 0.135 e. The molecule has 2 aromatic heterocycles. The molecule has 3 rings (SSSR count). The van der Waals surface area contributed by atoms with E-state index in [2.05, 4.69) is 21.0 Å². The normalized spacial score (nSPS) is 11.0. The molecule has 0 radical (unpaired) electrons. The molecule has 90 valence electrons. The second kappa shape index (κ2) is 4.63. The van der Waals surface area contributed by atoms with Crippen LogP contribution in [0, 0.1) is 6.92 Å². The average Bonchev–Trinajstić information content (AvgIpc) is 2.77. The monoisotopic (exact) mass is 275 g/mol. The summed E-state index contributed by atoms with van der Waals surface area (Å²) in [6.07, 6.45) is 2.20. The van der Waals surface area contributed by atoms with Crippen LogP contribution < -0.4 is 0 Å². The van der Waals surface area contributed by atoms with E-state index in [9.17, 15) is 0 Å². The van der Waals surface area contributed by atoms with E-state index in [4.69, 9.17) is 11.6 Å². The van der Waals surface area contributed by atoms with Crippen molar-refractivity contribution >= 4 is 33.2 Å².